The van der Waals surface area contributed by atoms with E-state index in [9.17, 15) is 9.59 Å². The number of hydrogen-bond donors (Lipinski definition) is 1. The van der Waals surface area contributed by atoms with E-state index in [0.717, 1.165) is 16.5 Å². The van der Waals surface area contributed by atoms with Gasteiger partial charge in [0.05, 0.1) is 11.4 Å². The maximum Gasteiger partial charge on any atom is 0.308 e. The van der Waals surface area contributed by atoms with Crippen LogP contribution in [-0.2, 0) is 16.1 Å². The van der Waals surface area contributed by atoms with E-state index in [4.69, 9.17) is 5.11 Å². The number of benzene rings is 1. The second-order valence-corrected chi connectivity index (χ2v) is 5.34. The molecule has 1 amide bonds. The Morgan fingerprint density at radius 3 is 2.95 bits per heavy atom. The predicted molar refractivity (Wildman–Crippen MR) is 77.5 cm³/mol. The van der Waals surface area contributed by atoms with Gasteiger partial charge in [0.25, 0.3) is 0 Å². The average Bonchev–Trinajstić information content (AvgIpc) is 2.49. The van der Waals surface area contributed by atoms with Crippen molar-refractivity contribution in [3.63, 3.8) is 0 Å². The smallest absolute Gasteiger partial charge is 0.308 e. The number of amides is 1. The molecular formula is C16H16N2O3. The summed E-state index contributed by atoms with van der Waals surface area (Å²) in [6.07, 6.45) is 2.46. The van der Waals surface area contributed by atoms with E-state index in [2.05, 4.69) is 4.98 Å². The monoisotopic (exact) mass is 284 g/mol. The first-order chi connectivity index (χ1) is 10.1. The molecule has 1 N–H and O–H groups in total. The van der Waals surface area contributed by atoms with Crippen molar-refractivity contribution < 1.29 is 14.7 Å². The maximum atomic E-state index is 12.0. The summed E-state index contributed by atoms with van der Waals surface area (Å²) in [4.78, 5) is 29.1. The zero-order valence-electron chi connectivity index (χ0n) is 11.5. The molecule has 1 aromatic carbocycles. The fraction of sp³-hybridized carbons (Fsp3) is 0.312. The van der Waals surface area contributed by atoms with Crippen molar-refractivity contribution in [2.24, 2.45) is 5.92 Å². The first-order valence-electron chi connectivity index (χ1n) is 6.98. The van der Waals surface area contributed by atoms with Gasteiger partial charge in [0.15, 0.2) is 0 Å². The van der Waals surface area contributed by atoms with Crippen LogP contribution in [0.4, 0.5) is 0 Å². The fourth-order valence-corrected chi connectivity index (χ4v) is 2.77. The Labute approximate surface area is 122 Å². The van der Waals surface area contributed by atoms with E-state index in [1.165, 1.54) is 0 Å². The van der Waals surface area contributed by atoms with Gasteiger partial charge in [-0.25, -0.2) is 0 Å². The molecule has 108 valence electrons. The lowest BCUT2D eigenvalue weighted by atomic mass is 9.97. The van der Waals surface area contributed by atoms with Gasteiger partial charge in [0.2, 0.25) is 5.91 Å². The van der Waals surface area contributed by atoms with E-state index >= 15 is 0 Å². The van der Waals surface area contributed by atoms with Crippen molar-refractivity contribution in [3.05, 3.63) is 42.1 Å². The molecule has 1 unspecified atom stereocenters. The van der Waals surface area contributed by atoms with E-state index in [1.807, 2.05) is 30.3 Å². The molecule has 0 saturated carbocycles. The van der Waals surface area contributed by atoms with E-state index in [1.54, 1.807) is 11.1 Å². The molecule has 1 fully saturated rings. The van der Waals surface area contributed by atoms with Crippen molar-refractivity contribution in [2.45, 2.75) is 19.4 Å². The van der Waals surface area contributed by atoms with E-state index in [-0.39, 0.29) is 12.5 Å². The number of fused-ring (bicyclic) bond motifs is 1. The van der Waals surface area contributed by atoms with Gasteiger partial charge >= 0.3 is 5.97 Å². The lowest BCUT2D eigenvalue weighted by molar-refractivity contribution is -0.147. The number of piperidine rings is 1. The summed E-state index contributed by atoms with van der Waals surface area (Å²) in [6.45, 7) is 0.689. The topological polar surface area (TPSA) is 70.5 Å². The molecule has 1 atom stereocenters. The van der Waals surface area contributed by atoms with Crippen molar-refractivity contribution in [3.8, 4) is 0 Å². The quantitative estimate of drug-likeness (QED) is 0.936. The summed E-state index contributed by atoms with van der Waals surface area (Å²) in [5.41, 5.74) is 1.82. The fourth-order valence-electron chi connectivity index (χ4n) is 2.77. The van der Waals surface area contributed by atoms with Gasteiger partial charge in [-0.15, -0.1) is 0 Å². The molecule has 1 aliphatic heterocycles. The molecule has 0 bridgehead atoms. The normalized spacial score (nSPS) is 19.0. The molecule has 0 aliphatic carbocycles. The van der Waals surface area contributed by atoms with Crippen molar-refractivity contribution in [1.82, 2.24) is 9.88 Å². The number of carboxylic acids is 1. The third-order valence-electron chi connectivity index (χ3n) is 3.93. The Kier molecular flexibility index (Phi) is 3.56. The predicted octanol–water partition coefficient (Wildman–Crippen LogP) is 2.06. The number of likely N-dealkylation sites (tertiary alicyclic amines) is 1. The van der Waals surface area contributed by atoms with Gasteiger partial charge < -0.3 is 10.0 Å². The second-order valence-electron chi connectivity index (χ2n) is 5.34. The third-order valence-corrected chi connectivity index (χ3v) is 3.93. The molecule has 3 rings (SSSR count). The Morgan fingerprint density at radius 1 is 1.33 bits per heavy atom. The summed E-state index contributed by atoms with van der Waals surface area (Å²) in [7, 11) is 0. The highest BCUT2D eigenvalue weighted by Gasteiger charge is 2.30. The van der Waals surface area contributed by atoms with Gasteiger partial charge in [-0.1, -0.05) is 24.3 Å². The number of carboxylic acid groups (broad SMARTS) is 1. The first-order valence-corrected chi connectivity index (χ1v) is 6.98. The molecule has 0 radical (unpaired) electrons. The molecule has 0 spiro atoms. The van der Waals surface area contributed by atoms with Crippen molar-refractivity contribution in [1.29, 1.82) is 0 Å². The molecule has 2 heterocycles. The van der Waals surface area contributed by atoms with Gasteiger partial charge in [0.1, 0.15) is 0 Å². The molecule has 21 heavy (non-hydrogen) atoms. The minimum absolute atomic E-state index is 0.0143. The highest BCUT2D eigenvalue weighted by atomic mass is 16.4. The van der Waals surface area contributed by atoms with Gasteiger partial charge in [-0.2, -0.15) is 0 Å². The number of para-hydroxylation sites is 1. The zero-order valence-corrected chi connectivity index (χ0v) is 11.5. The van der Waals surface area contributed by atoms with Crippen molar-refractivity contribution >= 4 is 22.8 Å². The molecular weight excluding hydrogens is 268 g/mol. The van der Waals surface area contributed by atoms with Gasteiger partial charge in [0, 0.05) is 31.1 Å². The summed E-state index contributed by atoms with van der Waals surface area (Å²) < 4.78 is 0. The van der Waals surface area contributed by atoms with Crippen LogP contribution in [0.3, 0.4) is 0 Å². The van der Waals surface area contributed by atoms with Crippen LogP contribution in [0.5, 0.6) is 0 Å². The number of carbonyl (C=O) groups excluding carboxylic acids is 1. The summed E-state index contributed by atoms with van der Waals surface area (Å²) >= 11 is 0. The minimum Gasteiger partial charge on any atom is -0.481 e. The summed E-state index contributed by atoms with van der Waals surface area (Å²) in [5, 5.41) is 10.2. The highest BCUT2D eigenvalue weighted by molar-refractivity contribution is 5.83. The number of aliphatic carboxylic acids is 1. The molecule has 1 aliphatic rings. The SMILES string of the molecule is O=C(O)C1CCC(=O)N(Cc2cccc3cccnc23)C1. The highest BCUT2D eigenvalue weighted by Crippen LogP contribution is 2.23. The Morgan fingerprint density at radius 2 is 2.14 bits per heavy atom. The molecule has 5 heteroatoms. The number of pyridine rings is 1. The summed E-state index contributed by atoms with van der Waals surface area (Å²) in [5.74, 6) is -1.28. The third kappa shape index (κ3) is 2.72. The lowest BCUT2D eigenvalue weighted by Crippen LogP contribution is -2.42. The second kappa shape index (κ2) is 5.52. The van der Waals surface area contributed by atoms with Crippen LogP contribution in [0.1, 0.15) is 18.4 Å². The first kappa shape index (κ1) is 13.5. The van der Waals surface area contributed by atoms with Crippen LogP contribution < -0.4 is 0 Å². The van der Waals surface area contributed by atoms with E-state index in [0.29, 0.717) is 19.4 Å². The zero-order chi connectivity index (χ0) is 14.8. The maximum absolute atomic E-state index is 12.0. The van der Waals surface area contributed by atoms with E-state index < -0.39 is 11.9 Å². The van der Waals surface area contributed by atoms with Gasteiger partial charge in [-0.05, 0) is 18.1 Å². The number of carbonyl (C=O) groups is 2. The standard InChI is InChI=1S/C16H16N2O3/c19-14-7-6-13(16(20)21)10-18(14)9-12-4-1-3-11-5-2-8-17-15(11)12/h1-5,8,13H,6-7,9-10H2,(H,20,21). The Balaban J connectivity index is 1.87. The largest absolute Gasteiger partial charge is 0.481 e. The van der Waals surface area contributed by atoms with Crippen LogP contribution >= 0.6 is 0 Å². The summed E-state index contributed by atoms with van der Waals surface area (Å²) in [6, 6.07) is 9.70. The number of rotatable bonds is 3. The van der Waals surface area contributed by atoms with Gasteiger partial charge in [-0.3, -0.25) is 14.6 Å². The van der Waals surface area contributed by atoms with Crippen LogP contribution in [-0.4, -0.2) is 33.4 Å². The van der Waals surface area contributed by atoms with Crippen LogP contribution in [0.25, 0.3) is 10.9 Å². The average molecular weight is 284 g/mol. The Bertz CT molecular complexity index is 693. The molecule has 1 saturated heterocycles. The molecule has 5 nitrogen and oxygen atoms in total. The van der Waals surface area contributed by atoms with Crippen LogP contribution in [0.2, 0.25) is 0 Å². The number of nitrogens with zero attached hydrogens (tertiary/aromatic N) is 2. The van der Waals surface area contributed by atoms with Crippen LogP contribution in [0, 0.1) is 5.92 Å². The number of hydrogen-bond acceptors (Lipinski definition) is 3. The lowest BCUT2D eigenvalue weighted by Gasteiger charge is -2.30. The number of aromatic nitrogens is 1. The molecule has 1 aromatic heterocycles. The van der Waals surface area contributed by atoms with Crippen LogP contribution in [0.15, 0.2) is 36.5 Å². The van der Waals surface area contributed by atoms with Crippen molar-refractivity contribution in [2.75, 3.05) is 6.54 Å². The minimum atomic E-state index is -0.830. The Hall–Kier alpha value is -2.43. The molecule has 2 aromatic rings.